The van der Waals surface area contributed by atoms with Crippen molar-refractivity contribution in [1.29, 1.82) is 0 Å². The minimum absolute atomic E-state index is 0.0823. The molecule has 0 saturated heterocycles. The van der Waals surface area contributed by atoms with Gasteiger partial charge >= 0.3 is 5.97 Å². The van der Waals surface area contributed by atoms with E-state index in [9.17, 15) is 9.90 Å². The predicted molar refractivity (Wildman–Crippen MR) is 59.0 cm³/mol. The van der Waals surface area contributed by atoms with E-state index in [0.717, 1.165) is 5.57 Å². The van der Waals surface area contributed by atoms with Crippen LogP contribution in [0.5, 0.6) is 0 Å². The molecular formula is C12H16O5. The molecule has 2 rings (SSSR count). The number of carboxylic acids is 1. The minimum Gasteiger partial charge on any atom is -0.478 e. The van der Waals surface area contributed by atoms with Gasteiger partial charge in [-0.2, -0.15) is 0 Å². The minimum atomic E-state index is -0.970. The Balaban J connectivity index is 2.26. The van der Waals surface area contributed by atoms with Crippen LogP contribution in [0.15, 0.2) is 23.5 Å². The second-order valence-corrected chi connectivity index (χ2v) is 4.14. The second-order valence-electron chi connectivity index (χ2n) is 4.14. The number of aliphatic hydroxyl groups excluding tert-OH is 1. The van der Waals surface area contributed by atoms with Gasteiger partial charge in [-0.05, 0) is 18.9 Å². The average Bonchev–Trinajstić information content (AvgIpc) is 2.73. The fourth-order valence-corrected chi connectivity index (χ4v) is 2.50. The number of fused-ring (bicyclic) bond motifs is 1. The lowest BCUT2D eigenvalue weighted by molar-refractivity contribution is -0.152. The van der Waals surface area contributed by atoms with Gasteiger partial charge in [0.1, 0.15) is 0 Å². The van der Waals surface area contributed by atoms with E-state index in [0.29, 0.717) is 13.0 Å². The SMILES string of the molecule is CCOC1OC=C(C(=O)O)C2CC=C(CO)C12. The van der Waals surface area contributed by atoms with Gasteiger partial charge in [-0.3, -0.25) is 0 Å². The largest absolute Gasteiger partial charge is 0.478 e. The van der Waals surface area contributed by atoms with Crippen LogP contribution in [0, 0.1) is 11.8 Å². The zero-order chi connectivity index (χ0) is 12.4. The molecule has 0 aromatic rings. The third-order valence-corrected chi connectivity index (χ3v) is 3.28. The number of hydrogen-bond donors (Lipinski definition) is 2. The Hall–Kier alpha value is -1.33. The normalized spacial score (nSPS) is 31.3. The Morgan fingerprint density at radius 2 is 2.41 bits per heavy atom. The van der Waals surface area contributed by atoms with Crippen LogP contribution in [-0.4, -0.2) is 35.7 Å². The van der Waals surface area contributed by atoms with Gasteiger partial charge in [0.05, 0.1) is 24.4 Å². The Labute approximate surface area is 99.3 Å². The highest BCUT2D eigenvalue weighted by Gasteiger charge is 2.43. The molecule has 5 heteroatoms. The number of aliphatic carboxylic acids is 1. The standard InChI is InChI=1S/C12H16O5/c1-2-16-12-10-7(5-13)3-4-8(10)9(6-17-12)11(14)15/h3,6,8,10,12-13H,2,4-5H2,1H3,(H,14,15). The monoisotopic (exact) mass is 240 g/mol. The van der Waals surface area contributed by atoms with Crippen molar-refractivity contribution in [2.24, 2.45) is 11.8 Å². The van der Waals surface area contributed by atoms with Gasteiger partial charge in [0.25, 0.3) is 0 Å². The van der Waals surface area contributed by atoms with E-state index in [4.69, 9.17) is 14.6 Å². The molecule has 0 saturated carbocycles. The van der Waals surface area contributed by atoms with Crippen LogP contribution in [0.2, 0.25) is 0 Å². The molecule has 1 heterocycles. The molecule has 0 radical (unpaired) electrons. The van der Waals surface area contributed by atoms with Crippen molar-refractivity contribution in [2.45, 2.75) is 19.6 Å². The Kier molecular flexibility index (Phi) is 3.49. The summed E-state index contributed by atoms with van der Waals surface area (Å²) in [5.74, 6) is -1.31. The van der Waals surface area contributed by atoms with Crippen LogP contribution in [0.3, 0.4) is 0 Å². The van der Waals surface area contributed by atoms with Crippen molar-refractivity contribution < 1.29 is 24.5 Å². The first kappa shape index (κ1) is 12.1. The highest BCUT2D eigenvalue weighted by Crippen LogP contribution is 2.43. The van der Waals surface area contributed by atoms with E-state index in [-0.39, 0.29) is 24.0 Å². The number of allylic oxidation sites excluding steroid dienone is 1. The summed E-state index contributed by atoms with van der Waals surface area (Å²) in [5.41, 5.74) is 1.06. The molecule has 0 spiro atoms. The summed E-state index contributed by atoms with van der Waals surface area (Å²) in [7, 11) is 0. The van der Waals surface area contributed by atoms with E-state index < -0.39 is 12.3 Å². The van der Waals surface area contributed by atoms with E-state index in [1.807, 2.05) is 13.0 Å². The molecule has 94 valence electrons. The summed E-state index contributed by atoms with van der Waals surface area (Å²) in [6, 6.07) is 0. The molecular weight excluding hydrogens is 224 g/mol. The third-order valence-electron chi connectivity index (χ3n) is 3.28. The van der Waals surface area contributed by atoms with Crippen molar-refractivity contribution in [3.05, 3.63) is 23.5 Å². The molecule has 1 aliphatic heterocycles. The molecule has 0 aromatic carbocycles. The number of rotatable bonds is 4. The van der Waals surface area contributed by atoms with Crippen molar-refractivity contribution in [3.8, 4) is 0 Å². The third kappa shape index (κ3) is 2.08. The molecule has 17 heavy (non-hydrogen) atoms. The highest BCUT2D eigenvalue weighted by atomic mass is 16.7. The second kappa shape index (κ2) is 4.89. The molecule has 1 aliphatic carbocycles. The van der Waals surface area contributed by atoms with Crippen LogP contribution in [0.25, 0.3) is 0 Å². The maximum Gasteiger partial charge on any atom is 0.335 e. The van der Waals surface area contributed by atoms with Gasteiger partial charge in [-0.1, -0.05) is 6.08 Å². The van der Waals surface area contributed by atoms with E-state index in [1.165, 1.54) is 6.26 Å². The maximum atomic E-state index is 11.1. The fourth-order valence-electron chi connectivity index (χ4n) is 2.50. The average molecular weight is 240 g/mol. The number of ether oxygens (including phenoxy) is 2. The van der Waals surface area contributed by atoms with Gasteiger partial charge in [0.15, 0.2) is 0 Å². The van der Waals surface area contributed by atoms with Crippen molar-refractivity contribution in [1.82, 2.24) is 0 Å². The molecule has 2 N–H and O–H groups in total. The summed E-state index contributed by atoms with van der Waals surface area (Å²) in [5, 5.41) is 18.4. The summed E-state index contributed by atoms with van der Waals surface area (Å²) in [6.07, 6.45) is 3.28. The molecule has 5 nitrogen and oxygen atoms in total. The van der Waals surface area contributed by atoms with E-state index in [2.05, 4.69) is 0 Å². The Morgan fingerprint density at radius 1 is 1.65 bits per heavy atom. The van der Waals surface area contributed by atoms with E-state index in [1.54, 1.807) is 0 Å². The lowest BCUT2D eigenvalue weighted by atomic mass is 9.83. The number of carboxylic acid groups (broad SMARTS) is 1. The summed E-state index contributed by atoms with van der Waals surface area (Å²) < 4.78 is 10.8. The first-order valence-corrected chi connectivity index (χ1v) is 5.69. The molecule has 0 aromatic heterocycles. The number of hydrogen-bond acceptors (Lipinski definition) is 4. The van der Waals surface area contributed by atoms with Crippen molar-refractivity contribution >= 4 is 5.97 Å². The molecule has 0 amide bonds. The summed E-state index contributed by atoms with van der Waals surface area (Å²) in [6.45, 7) is 2.26. The van der Waals surface area contributed by atoms with E-state index >= 15 is 0 Å². The summed E-state index contributed by atoms with van der Waals surface area (Å²) in [4.78, 5) is 11.1. The van der Waals surface area contributed by atoms with Gasteiger partial charge in [0.2, 0.25) is 6.29 Å². The van der Waals surface area contributed by atoms with Gasteiger partial charge in [0, 0.05) is 12.5 Å². The first-order chi connectivity index (χ1) is 8.19. The predicted octanol–water partition coefficient (Wildman–Crippen LogP) is 0.902. The molecule has 0 fully saturated rings. The Morgan fingerprint density at radius 3 is 3.00 bits per heavy atom. The number of carbonyl (C=O) groups is 1. The van der Waals surface area contributed by atoms with Gasteiger partial charge < -0.3 is 19.7 Å². The lowest BCUT2D eigenvalue weighted by Gasteiger charge is -2.33. The zero-order valence-corrected chi connectivity index (χ0v) is 9.63. The molecule has 2 aliphatic rings. The van der Waals surface area contributed by atoms with Gasteiger partial charge in [-0.25, -0.2) is 4.79 Å². The van der Waals surface area contributed by atoms with Crippen LogP contribution < -0.4 is 0 Å². The maximum absolute atomic E-state index is 11.1. The Bertz CT molecular complexity index is 371. The highest BCUT2D eigenvalue weighted by molar-refractivity contribution is 5.87. The van der Waals surface area contributed by atoms with Crippen LogP contribution in [-0.2, 0) is 14.3 Å². The van der Waals surface area contributed by atoms with Crippen LogP contribution in [0.4, 0.5) is 0 Å². The smallest absolute Gasteiger partial charge is 0.335 e. The topological polar surface area (TPSA) is 76.0 Å². The zero-order valence-electron chi connectivity index (χ0n) is 9.63. The summed E-state index contributed by atoms with van der Waals surface area (Å²) >= 11 is 0. The molecule has 0 bridgehead atoms. The quantitative estimate of drug-likeness (QED) is 0.714. The fraction of sp³-hybridized carbons (Fsp3) is 0.583. The van der Waals surface area contributed by atoms with Crippen molar-refractivity contribution in [3.63, 3.8) is 0 Å². The van der Waals surface area contributed by atoms with Gasteiger partial charge in [-0.15, -0.1) is 0 Å². The molecule has 3 atom stereocenters. The molecule has 3 unspecified atom stereocenters. The first-order valence-electron chi connectivity index (χ1n) is 5.69. The van der Waals surface area contributed by atoms with Crippen LogP contribution in [0.1, 0.15) is 13.3 Å². The number of aliphatic hydroxyl groups is 1. The van der Waals surface area contributed by atoms with Crippen molar-refractivity contribution in [2.75, 3.05) is 13.2 Å². The van der Waals surface area contributed by atoms with Crippen LogP contribution >= 0.6 is 0 Å². The lowest BCUT2D eigenvalue weighted by Crippen LogP contribution is -2.37.